The van der Waals surface area contributed by atoms with Gasteiger partial charge in [0.2, 0.25) is 15.9 Å². The van der Waals surface area contributed by atoms with Crippen molar-refractivity contribution in [1.82, 2.24) is 9.62 Å². The van der Waals surface area contributed by atoms with Gasteiger partial charge >= 0.3 is 0 Å². The van der Waals surface area contributed by atoms with Gasteiger partial charge in [0.05, 0.1) is 6.07 Å². The number of carbonyl (C=O) groups excluding carboxylic acids is 1. The fraction of sp³-hybridized carbons (Fsp3) is 0.750. The van der Waals surface area contributed by atoms with Crippen LogP contribution in [-0.2, 0) is 14.8 Å². The number of hydrogen-bond acceptors (Lipinski definition) is 4. The van der Waals surface area contributed by atoms with Crippen LogP contribution in [0.4, 0.5) is 0 Å². The topological polar surface area (TPSA) is 90.3 Å². The Morgan fingerprint density at radius 2 is 2.20 bits per heavy atom. The summed E-state index contributed by atoms with van der Waals surface area (Å²) in [5.41, 5.74) is 0. The van der Waals surface area contributed by atoms with Crippen molar-refractivity contribution >= 4 is 15.9 Å². The van der Waals surface area contributed by atoms with Crippen molar-refractivity contribution < 1.29 is 13.2 Å². The molecule has 7 heteroatoms. The second kappa shape index (κ2) is 4.59. The zero-order chi connectivity index (χ0) is 11.5. The van der Waals surface area contributed by atoms with Crippen molar-refractivity contribution in [3.05, 3.63) is 0 Å². The van der Waals surface area contributed by atoms with Crippen LogP contribution in [0.5, 0.6) is 0 Å². The Hall–Kier alpha value is -1.13. The quantitative estimate of drug-likeness (QED) is 0.663. The molecule has 1 aliphatic rings. The summed E-state index contributed by atoms with van der Waals surface area (Å²) in [4.78, 5) is 11.0. The summed E-state index contributed by atoms with van der Waals surface area (Å²) in [5.74, 6) is -0.155. The summed E-state index contributed by atoms with van der Waals surface area (Å²) < 4.78 is 24.7. The molecule has 0 aromatic carbocycles. The molecule has 1 N–H and O–H groups in total. The van der Waals surface area contributed by atoms with Gasteiger partial charge in [0.15, 0.2) is 5.25 Å². The third-order valence-corrected chi connectivity index (χ3v) is 4.34. The van der Waals surface area contributed by atoms with Crippen molar-refractivity contribution in [3.8, 4) is 6.07 Å². The summed E-state index contributed by atoms with van der Waals surface area (Å²) >= 11 is 0. The smallest absolute Gasteiger partial charge is 0.230 e. The summed E-state index contributed by atoms with van der Waals surface area (Å²) in [6.45, 7) is 2.03. The van der Waals surface area contributed by atoms with Crippen LogP contribution in [-0.4, -0.2) is 43.5 Å². The lowest BCUT2D eigenvalue weighted by molar-refractivity contribution is -0.120. The lowest BCUT2D eigenvalue weighted by Gasteiger charge is -2.20. The first-order valence-electron chi connectivity index (χ1n) is 4.63. The Balaban J connectivity index is 2.80. The van der Waals surface area contributed by atoms with E-state index in [0.29, 0.717) is 6.54 Å². The van der Waals surface area contributed by atoms with Gasteiger partial charge < -0.3 is 5.32 Å². The van der Waals surface area contributed by atoms with E-state index in [2.05, 4.69) is 5.32 Å². The molecule has 0 aromatic rings. The van der Waals surface area contributed by atoms with Gasteiger partial charge in [-0.1, -0.05) is 0 Å². The molecule has 0 spiro atoms. The number of rotatable bonds is 2. The van der Waals surface area contributed by atoms with E-state index in [1.165, 1.54) is 11.2 Å². The van der Waals surface area contributed by atoms with Gasteiger partial charge in [-0.3, -0.25) is 4.79 Å². The molecule has 6 nitrogen and oxygen atoms in total. The maximum absolute atomic E-state index is 11.7. The maximum atomic E-state index is 11.7. The van der Waals surface area contributed by atoms with Gasteiger partial charge in [0.25, 0.3) is 0 Å². The third kappa shape index (κ3) is 2.67. The Kier molecular flexibility index (Phi) is 3.66. The number of hydrogen-bond donors (Lipinski definition) is 1. The Morgan fingerprint density at radius 1 is 1.53 bits per heavy atom. The number of nitrogens with zero attached hydrogens (tertiary/aromatic N) is 2. The van der Waals surface area contributed by atoms with Gasteiger partial charge in [0.1, 0.15) is 0 Å². The molecule has 1 saturated heterocycles. The molecule has 0 saturated carbocycles. The molecule has 1 rings (SSSR count). The predicted octanol–water partition coefficient (Wildman–Crippen LogP) is -0.950. The second-order valence-corrected chi connectivity index (χ2v) is 5.57. The summed E-state index contributed by atoms with van der Waals surface area (Å²) in [5, 5.41) is 10.1. The molecule has 15 heavy (non-hydrogen) atoms. The first kappa shape index (κ1) is 11.9. The number of nitrogens with one attached hydrogen (secondary N) is 1. The van der Waals surface area contributed by atoms with Gasteiger partial charge in [-0.2, -0.15) is 9.57 Å². The molecule has 84 valence electrons. The van der Waals surface area contributed by atoms with Crippen LogP contribution in [0, 0.1) is 11.3 Å². The Labute approximate surface area is 88.9 Å². The second-order valence-electron chi connectivity index (χ2n) is 3.32. The van der Waals surface area contributed by atoms with Crippen molar-refractivity contribution in [2.45, 2.75) is 18.6 Å². The molecule has 1 aliphatic heterocycles. The van der Waals surface area contributed by atoms with Gasteiger partial charge in [-0.25, -0.2) is 8.42 Å². The molecular weight excluding hydrogens is 218 g/mol. The van der Waals surface area contributed by atoms with Crippen LogP contribution in [0.25, 0.3) is 0 Å². The van der Waals surface area contributed by atoms with Crippen LogP contribution in [0.2, 0.25) is 0 Å². The molecule has 0 aliphatic carbocycles. The fourth-order valence-corrected chi connectivity index (χ4v) is 2.56. The van der Waals surface area contributed by atoms with Crippen LogP contribution >= 0.6 is 0 Å². The van der Waals surface area contributed by atoms with Crippen LogP contribution in [0.3, 0.4) is 0 Å². The van der Waals surface area contributed by atoms with Crippen LogP contribution in [0.1, 0.15) is 13.3 Å². The molecule has 0 bridgehead atoms. The fourth-order valence-electron chi connectivity index (χ4n) is 1.29. The van der Waals surface area contributed by atoms with E-state index in [9.17, 15) is 13.2 Å². The number of amides is 1. The maximum Gasteiger partial charge on any atom is 0.230 e. The number of sulfonamides is 1. The van der Waals surface area contributed by atoms with E-state index in [1.54, 1.807) is 6.07 Å². The Morgan fingerprint density at radius 3 is 2.80 bits per heavy atom. The molecule has 1 fully saturated rings. The van der Waals surface area contributed by atoms with Crippen LogP contribution in [0.15, 0.2) is 0 Å². The minimum atomic E-state index is -3.58. The van der Waals surface area contributed by atoms with Crippen LogP contribution < -0.4 is 5.32 Å². The molecule has 1 unspecified atom stereocenters. The van der Waals surface area contributed by atoms with Crippen molar-refractivity contribution in [1.29, 1.82) is 5.26 Å². The van der Waals surface area contributed by atoms with Crippen molar-refractivity contribution in [3.63, 3.8) is 0 Å². The van der Waals surface area contributed by atoms with E-state index < -0.39 is 15.3 Å². The average Bonchev–Trinajstić information content (AvgIpc) is 2.41. The lowest BCUT2D eigenvalue weighted by Crippen LogP contribution is -2.39. The minimum absolute atomic E-state index is 0.150. The van der Waals surface area contributed by atoms with E-state index in [-0.39, 0.29) is 25.4 Å². The zero-order valence-electron chi connectivity index (χ0n) is 8.43. The highest BCUT2D eigenvalue weighted by Gasteiger charge is 2.30. The monoisotopic (exact) mass is 231 g/mol. The minimum Gasteiger partial charge on any atom is -0.355 e. The zero-order valence-corrected chi connectivity index (χ0v) is 9.25. The van der Waals surface area contributed by atoms with Gasteiger partial charge in [0, 0.05) is 26.1 Å². The summed E-state index contributed by atoms with van der Waals surface area (Å²) in [6, 6.07) is 1.70. The average molecular weight is 231 g/mol. The summed E-state index contributed by atoms with van der Waals surface area (Å²) in [6.07, 6.45) is 0.150. The van der Waals surface area contributed by atoms with E-state index in [4.69, 9.17) is 5.26 Å². The normalized spacial score (nSPS) is 21.2. The standard InChI is InChI=1S/C8H13N3O3S/c1-7(6-9)15(13,14)11-4-2-8(12)10-3-5-11/h7H,2-5H2,1H3,(H,10,12). The van der Waals surface area contributed by atoms with E-state index in [1.807, 2.05) is 0 Å². The number of nitriles is 1. The molecule has 0 aromatic heterocycles. The lowest BCUT2D eigenvalue weighted by atomic mass is 10.4. The van der Waals surface area contributed by atoms with Crippen molar-refractivity contribution in [2.24, 2.45) is 0 Å². The summed E-state index contributed by atoms with van der Waals surface area (Å²) in [7, 11) is -3.58. The van der Waals surface area contributed by atoms with Crippen molar-refractivity contribution in [2.75, 3.05) is 19.6 Å². The largest absolute Gasteiger partial charge is 0.355 e. The SMILES string of the molecule is CC(C#N)S(=O)(=O)N1CCNC(=O)CC1. The highest BCUT2D eigenvalue weighted by atomic mass is 32.2. The van der Waals surface area contributed by atoms with Gasteiger partial charge in [-0.15, -0.1) is 0 Å². The Bertz CT molecular complexity index is 384. The van der Waals surface area contributed by atoms with E-state index >= 15 is 0 Å². The molecule has 1 amide bonds. The predicted molar refractivity (Wildman–Crippen MR) is 53.2 cm³/mol. The highest BCUT2D eigenvalue weighted by molar-refractivity contribution is 7.89. The highest BCUT2D eigenvalue weighted by Crippen LogP contribution is 2.10. The first-order chi connectivity index (χ1) is 6.98. The molecular formula is C8H13N3O3S. The third-order valence-electron chi connectivity index (χ3n) is 2.26. The number of carbonyl (C=O) groups is 1. The molecule has 1 atom stereocenters. The first-order valence-corrected chi connectivity index (χ1v) is 6.14. The van der Waals surface area contributed by atoms with E-state index in [0.717, 1.165) is 0 Å². The molecule has 0 radical (unpaired) electrons. The molecule has 1 heterocycles. The van der Waals surface area contributed by atoms with Gasteiger partial charge in [-0.05, 0) is 6.92 Å².